The Kier molecular flexibility index (Phi) is 7.86. The van der Waals surface area contributed by atoms with Gasteiger partial charge in [-0.05, 0) is 76.5 Å². The van der Waals surface area contributed by atoms with Crippen LogP contribution in [0.1, 0.15) is 28.4 Å². The van der Waals surface area contributed by atoms with Crippen molar-refractivity contribution >= 4 is 40.0 Å². The first-order chi connectivity index (χ1) is 17.4. The van der Waals surface area contributed by atoms with Crippen LogP contribution < -0.4 is 25.0 Å². The number of amides is 2. The topological polar surface area (TPSA) is 118 Å². The lowest BCUT2D eigenvalue weighted by Crippen LogP contribution is -2.32. The molecule has 184 valence electrons. The molecule has 4 rings (SSSR count). The molecule has 0 aliphatic carbocycles. The van der Waals surface area contributed by atoms with Gasteiger partial charge in [0.25, 0.3) is 11.8 Å². The summed E-state index contributed by atoms with van der Waals surface area (Å²) in [5.41, 5.74) is 3.97. The summed E-state index contributed by atoms with van der Waals surface area (Å²) < 4.78 is 16.5. The first-order valence-corrected chi connectivity index (χ1v) is 11.7. The molecule has 0 aromatic heterocycles. The van der Waals surface area contributed by atoms with Crippen LogP contribution in [0.5, 0.6) is 23.0 Å². The van der Waals surface area contributed by atoms with Crippen molar-refractivity contribution in [2.75, 3.05) is 13.4 Å². The van der Waals surface area contributed by atoms with Crippen LogP contribution in [0.15, 0.2) is 75.9 Å². The highest BCUT2D eigenvalue weighted by atomic mass is 79.9. The van der Waals surface area contributed by atoms with E-state index < -0.39 is 11.8 Å². The van der Waals surface area contributed by atoms with Gasteiger partial charge in [-0.3, -0.25) is 9.59 Å². The number of nitrogens with one attached hydrogen (secondary N) is 2. The first-order valence-electron chi connectivity index (χ1n) is 10.9. The van der Waals surface area contributed by atoms with Crippen molar-refractivity contribution in [2.24, 2.45) is 5.10 Å². The molecule has 3 aromatic carbocycles. The second kappa shape index (κ2) is 11.4. The molecule has 0 bridgehead atoms. The molecule has 0 spiro atoms. The van der Waals surface area contributed by atoms with E-state index in [2.05, 4.69) is 31.8 Å². The molecule has 2 amide bonds. The van der Waals surface area contributed by atoms with Crippen LogP contribution in [0.3, 0.4) is 0 Å². The van der Waals surface area contributed by atoms with Gasteiger partial charge >= 0.3 is 0 Å². The molecule has 0 unspecified atom stereocenters. The van der Waals surface area contributed by atoms with Crippen molar-refractivity contribution in [1.29, 1.82) is 0 Å². The summed E-state index contributed by atoms with van der Waals surface area (Å²) in [7, 11) is 0. The van der Waals surface area contributed by atoms with Crippen molar-refractivity contribution in [3.63, 3.8) is 0 Å². The summed E-state index contributed by atoms with van der Waals surface area (Å²) in [5.74, 6) is 0.289. The van der Waals surface area contributed by atoms with E-state index in [0.717, 1.165) is 0 Å². The monoisotopic (exact) mass is 551 g/mol. The maximum Gasteiger partial charge on any atom is 0.287 e. The fraction of sp³-hybridized carbons (Fsp3) is 0.115. The number of carbonyl (C=O) groups excluding carboxylic acids is 2. The largest absolute Gasteiger partial charge is 0.503 e. The van der Waals surface area contributed by atoms with E-state index in [1.165, 1.54) is 12.3 Å². The van der Waals surface area contributed by atoms with Crippen LogP contribution in [0.2, 0.25) is 0 Å². The number of benzene rings is 3. The van der Waals surface area contributed by atoms with Crippen LogP contribution in [0.25, 0.3) is 6.08 Å². The lowest BCUT2D eigenvalue weighted by Gasteiger charge is -2.10. The van der Waals surface area contributed by atoms with Gasteiger partial charge < -0.3 is 24.6 Å². The number of hydrogen-bond donors (Lipinski definition) is 3. The van der Waals surface area contributed by atoms with Gasteiger partial charge in [0.15, 0.2) is 23.0 Å². The summed E-state index contributed by atoms with van der Waals surface area (Å²) >= 11 is 3.26. The van der Waals surface area contributed by atoms with Gasteiger partial charge in [0, 0.05) is 5.56 Å². The Labute approximate surface area is 215 Å². The lowest BCUT2D eigenvalue weighted by atomic mass is 10.1. The zero-order valence-electron chi connectivity index (χ0n) is 19.2. The first kappa shape index (κ1) is 24.8. The van der Waals surface area contributed by atoms with Crippen LogP contribution in [-0.2, 0) is 4.79 Å². The number of nitrogens with zero attached hydrogens (tertiary/aromatic N) is 1. The third-order valence-corrected chi connectivity index (χ3v) is 5.57. The third-order valence-electron chi connectivity index (χ3n) is 4.97. The summed E-state index contributed by atoms with van der Waals surface area (Å²) in [5, 5.41) is 16.7. The van der Waals surface area contributed by atoms with Gasteiger partial charge in [-0.1, -0.05) is 24.3 Å². The molecule has 10 heteroatoms. The molecule has 3 aromatic rings. The Hall–Kier alpha value is -4.31. The maximum atomic E-state index is 13.0. The Morgan fingerprint density at radius 3 is 2.64 bits per heavy atom. The van der Waals surface area contributed by atoms with E-state index in [9.17, 15) is 14.7 Å². The number of aromatic hydroxyl groups is 1. The van der Waals surface area contributed by atoms with Crippen LogP contribution in [0, 0.1) is 0 Å². The summed E-state index contributed by atoms with van der Waals surface area (Å²) in [4.78, 5) is 25.7. The predicted molar refractivity (Wildman–Crippen MR) is 137 cm³/mol. The van der Waals surface area contributed by atoms with Crippen LogP contribution >= 0.6 is 15.9 Å². The van der Waals surface area contributed by atoms with E-state index in [1.54, 1.807) is 67.6 Å². The Balaban J connectivity index is 1.56. The van der Waals surface area contributed by atoms with E-state index in [-0.39, 0.29) is 24.0 Å². The van der Waals surface area contributed by atoms with Crippen molar-refractivity contribution in [2.45, 2.75) is 6.92 Å². The van der Waals surface area contributed by atoms with E-state index in [0.29, 0.717) is 39.3 Å². The molecule has 1 heterocycles. The average molecular weight is 552 g/mol. The van der Waals surface area contributed by atoms with Crippen molar-refractivity contribution < 1.29 is 28.9 Å². The highest BCUT2D eigenvalue weighted by molar-refractivity contribution is 9.10. The van der Waals surface area contributed by atoms with Crippen molar-refractivity contribution in [3.8, 4) is 23.0 Å². The molecule has 1 aliphatic heterocycles. The van der Waals surface area contributed by atoms with E-state index in [4.69, 9.17) is 14.2 Å². The van der Waals surface area contributed by atoms with Gasteiger partial charge in [0.1, 0.15) is 5.70 Å². The number of rotatable bonds is 8. The molecule has 3 N–H and O–H groups in total. The molecule has 0 saturated carbocycles. The van der Waals surface area contributed by atoms with Gasteiger partial charge in [0.05, 0.1) is 17.3 Å². The quantitative estimate of drug-likeness (QED) is 0.219. The SMILES string of the molecule is CCOc1cc(/C=N/NC(=O)/C(=C/c2ccc3c(c2)OCO3)NC(=O)c2ccccc2)cc(Br)c1O. The molecule has 0 atom stereocenters. The molecule has 9 nitrogen and oxygen atoms in total. The molecule has 0 radical (unpaired) electrons. The number of hydrazone groups is 1. The second-order valence-electron chi connectivity index (χ2n) is 7.47. The minimum absolute atomic E-state index is 0.0261. The number of ether oxygens (including phenoxy) is 3. The van der Waals surface area contributed by atoms with Gasteiger partial charge in [0.2, 0.25) is 6.79 Å². The lowest BCUT2D eigenvalue weighted by molar-refractivity contribution is -0.117. The van der Waals surface area contributed by atoms with Gasteiger partial charge in [-0.2, -0.15) is 5.10 Å². The summed E-state index contributed by atoms with van der Waals surface area (Å²) in [6.45, 7) is 2.28. The van der Waals surface area contributed by atoms with Crippen molar-refractivity contribution in [3.05, 3.63) is 87.5 Å². The minimum Gasteiger partial charge on any atom is -0.503 e. The fourth-order valence-corrected chi connectivity index (χ4v) is 3.73. The molecule has 1 aliphatic rings. The second-order valence-corrected chi connectivity index (χ2v) is 8.33. The summed E-state index contributed by atoms with van der Waals surface area (Å²) in [6.07, 6.45) is 2.90. The van der Waals surface area contributed by atoms with Gasteiger partial charge in [-0.25, -0.2) is 5.43 Å². The van der Waals surface area contributed by atoms with Crippen LogP contribution in [-0.4, -0.2) is 36.5 Å². The number of phenolic OH excluding ortho intramolecular Hbond substituents is 1. The van der Waals surface area contributed by atoms with Crippen molar-refractivity contribution in [1.82, 2.24) is 10.7 Å². The minimum atomic E-state index is -0.643. The Morgan fingerprint density at radius 2 is 1.86 bits per heavy atom. The van der Waals surface area contributed by atoms with Crippen LogP contribution in [0.4, 0.5) is 0 Å². The molecular formula is C26H22BrN3O6. The highest BCUT2D eigenvalue weighted by Crippen LogP contribution is 2.35. The zero-order valence-corrected chi connectivity index (χ0v) is 20.7. The smallest absolute Gasteiger partial charge is 0.287 e. The zero-order chi connectivity index (χ0) is 25.5. The molecule has 0 saturated heterocycles. The Bertz CT molecular complexity index is 1340. The standard InChI is InChI=1S/C26H22BrN3O6/c1-2-34-23-13-17(10-19(27)24(23)31)14-28-30-26(33)20(29-25(32)18-6-4-3-5-7-18)11-16-8-9-21-22(12-16)36-15-35-21/h3-14,31H,2,15H2,1H3,(H,29,32)(H,30,33)/b20-11-,28-14+. The maximum absolute atomic E-state index is 13.0. The Morgan fingerprint density at radius 1 is 1.08 bits per heavy atom. The fourth-order valence-electron chi connectivity index (χ4n) is 3.27. The number of halogens is 1. The van der Waals surface area contributed by atoms with Gasteiger partial charge in [-0.15, -0.1) is 0 Å². The number of carbonyl (C=O) groups is 2. The highest BCUT2D eigenvalue weighted by Gasteiger charge is 2.17. The van der Waals surface area contributed by atoms with E-state index >= 15 is 0 Å². The van der Waals surface area contributed by atoms with E-state index in [1.807, 2.05) is 0 Å². The molecular weight excluding hydrogens is 530 g/mol. The number of fused-ring (bicyclic) bond motifs is 1. The molecule has 36 heavy (non-hydrogen) atoms. The summed E-state index contributed by atoms with van der Waals surface area (Å²) in [6, 6.07) is 16.9. The third kappa shape index (κ3) is 6.02. The normalized spacial score (nSPS) is 12.4. The predicted octanol–water partition coefficient (Wildman–Crippen LogP) is 4.20. The number of hydrogen-bond acceptors (Lipinski definition) is 7. The number of phenols is 1. The molecule has 0 fully saturated rings. The average Bonchev–Trinajstić information content (AvgIpc) is 3.35.